The molecule has 0 aromatic heterocycles. The lowest BCUT2D eigenvalue weighted by Crippen LogP contribution is -2.34. The van der Waals surface area contributed by atoms with E-state index in [1.807, 2.05) is 34.6 Å². The van der Waals surface area contributed by atoms with E-state index < -0.39 is 10.0 Å². The number of likely N-dealkylation sites (N-methyl/N-ethyl adjacent to an activating group) is 1. The average molecular weight is 446 g/mol. The zero-order valence-corrected chi connectivity index (χ0v) is 20.5. The Kier molecular flexibility index (Phi) is 8.26. The number of benzene rings is 2. The van der Waals surface area contributed by atoms with Gasteiger partial charge in [-0.05, 0) is 99.8 Å². The molecule has 0 aliphatic carbocycles. The molecule has 170 valence electrons. The fourth-order valence-electron chi connectivity index (χ4n) is 3.73. The molecule has 31 heavy (non-hydrogen) atoms. The van der Waals surface area contributed by atoms with Crippen LogP contribution >= 0.6 is 0 Å². The molecular weight excluding hydrogens is 410 g/mol. The summed E-state index contributed by atoms with van der Waals surface area (Å²) >= 11 is 0. The number of hydrogen-bond acceptors (Lipinski definition) is 4. The molecule has 0 aliphatic heterocycles. The molecular formula is C24H35N3O3S. The number of amides is 1. The molecule has 2 aromatic rings. The van der Waals surface area contributed by atoms with Gasteiger partial charge in [-0.2, -0.15) is 0 Å². The van der Waals surface area contributed by atoms with Gasteiger partial charge in [-0.25, -0.2) is 8.42 Å². The van der Waals surface area contributed by atoms with E-state index in [4.69, 9.17) is 0 Å². The minimum Gasteiger partial charge on any atom is -0.351 e. The van der Waals surface area contributed by atoms with Crippen molar-refractivity contribution in [3.8, 4) is 0 Å². The molecule has 2 aromatic carbocycles. The lowest BCUT2D eigenvalue weighted by Gasteiger charge is -2.19. The van der Waals surface area contributed by atoms with E-state index in [9.17, 15) is 13.2 Å². The first kappa shape index (κ1) is 24.9. The molecule has 0 aliphatic rings. The number of sulfonamides is 1. The number of rotatable bonds is 9. The Bertz CT molecular complexity index is 1010. The summed E-state index contributed by atoms with van der Waals surface area (Å²) in [7, 11) is -3.76. The molecule has 0 radical (unpaired) electrons. The normalized spacial score (nSPS) is 11.6. The van der Waals surface area contributed by atoms with Gasteiger partial charge in [0.15, 0.2) is 0 Å². The molecule has 0 atom stereocenters. The van der Waals surface area contributed by atoms with E-state index in [0.29, 0.717) is 22.7 Å². The number of hydrogen-bond donors (Lipinski definition) is 2. The first-order valence-corrected chi connectivity index (χ1v) is 12.2. The fraction of sp³-hybridized carbons (Fsp3) is 0.458. The summed E-state index contributed by atoms with van der Waals surface area (Å²) in [4.78, 5) is 14.9. The van der Waals surface area contributed by atoms with Gasteiger partial charge in [-0.15, -0.1) is 0 Å². The van der Waals surface area contributed by atoms with Crippen LogP contribution in [-0.4, -0.2) is 45.4 Å². The third-order valence-corrected chi connectivity index (χ3v) is 7.86. The standard InChI is InChI=1S/C24H35N3O3S/c1-8-27(9-2)15-14-25-24(28)21-10-12-22(13-11-21)26-31(29,30)23-19(6)17(4)16(3)18(5)20(23)7/h10-13,26H,8-9,14-15H2,1-7H3,(H,25,28). The van der Waals surface area contributed by atoms with Crippen molar-refractivity contribution in [1.29, 1.82) is 0 Å². The Morgan fingerprint density at radius 2 is 1.32 bits per heavy atom. The maximum atomic E-state index is 13.1. The average Bonchev–Trinajstić information content (AvgIpc) is 2.74. The lowest BCUT2D eigenvalue weighted by atomic mass is 9.95. The fourth-order valence-corrected chi connectivity index (χ4v) is 5.39. The highest BCUT2D eigenvalue weighted by Crippen LogP contribution is 2.30. The third-order valence-electron chi connectivity index (χ3n) is 6.21. The first-order valence-electron chi connectivity index (χ1n) is 10.7. The van der Waals surface area contributed by atoms with Gasteiger partial charge >= 0.3 is 0 Å². The summed E-state index contributed by atoms with van der Waals surface area (Å²) in [5, 5.41) is 2.91. The molecule has 6 nitrogen and oxygen atoms in total. The van der Waals surface area contributed by atoms with Crippen LogP contribution in [0.5, 0.6) is 0 Å². The van der Waals surface area contributed by atoms with Crippen LogP contribution in [0, 0.1) is 34.6 Å². The Balaban J connectivity index is 2.15. The van der Waals surface area contributed by atoms with Crippen molar-refractivity contribution in [3.63, 3.8) is 0 Å². The van der Waals surface area contributed by atoms with Crippen LogP contribution < -0.4 is 10.0 Å². The molecule has 0 fully saturated rings. The smallest absolute Gasteiger partial charge is 0.262 e. The van der Waals surface area contributed by atoms with Gasteiger partial charge in [0.25, 0.3) is 15.9 Å². The van der Waals surface area contributed by atoms with E-state index in [0.717, 1.165) is 47.5 Å². The molecule has 2 rings (SSSR count). The Hall–Kier alpha value is -2.38. The number of anilines is 1. The first-order chi connectivity index (χ1) is 14.5. The van der Waals surface area contributed by atoms with Crippen molar-refractivity contribution in [1.82, 2.24) is 10.2 Å². The van der Waals surface area contributed by atoms with Crippen LogP contribution in [0.2, 0.25) is 0 Å². The number of nitrogens with zero attached hydrogens (tertiary/aromatic N) is 1. The summed E-state index contributed by atoms with van der Waals surface area (Å²) in [6, 6.07) is 6.51. The largest absolute Gasteiger partial charge is 0.351 e. The third kappa shape index (κ3) is 5.66. The van der Waals surface area contributed by atoms with Crippen LogP contribution in [0.3, 0.4) is 0 Å². The predicted molar refractivity (Wildman–Crippen MR) is 127 cm³/mol. The minimum atomic E-state index is -3.76. The van der Waals surface area contributed by atoms with Crippen molar-refractivity contribution < 1.29 is 13.2 Å². The molecule has 0 saturated heterocycles. The van der Waals surface area contributed by atoms with E-state index >= 15 is 0 Å². The van der Waals surface area contributed by atoms with Crippen molar-refractivity contribution in [2.75, 3.05) is 30.9 Å². The maximum Gasteiger partial charge on any atom is 0.262 e. The highest BCUT2D eigenvalue weighted by Gasteiger charge is 2.23. The van der Waals surface area contributed by atoms with Crippen LogP contribution in [0.4, 0.5) is 5.69 Å². The zero-order valence-electron chi connectivity index (χ0n) is 19.7. The van der Waals surface area contributed by atoms with Gasteiger partial charge < -0.3 is 10.2 Å². The summed E-state index contributed by atoms with van der Waals surface area (Å²) in [6.07, 6.45) is 0. The van der Waals surface area contributed by atoms with E-state index in [2.05, 4.69) is 28.8 Å². The van der Waals surface area contributed by atoms with E-state index in [1.165, 1.54) is 0 Å². The van der Waals surface area contributed by atoms with Gasteiger partial charge in [0.05, 0.1) is 4.90 Å². The van der Waals surface area contributed by atoms with Gasteiger partial charge in [-0.3, -0.25) is 9.52 Å². The SMILES string of the molecule is CCN(CC)CCNC(=O)c1ccc(NS(=O)(=O)c2c(C)c(C)c(C)c(C)c2C)cc1. The molecule has 0 heterocycles. The van der Waals surface area contributed by atoms with Crippen molar-refractivity contribution in [2.24, 2.45) is 0 Å². The van der Waals surface area contributed by atoms with E-state index in [1.54, 1.807) is 24.3 Å². The zero-order chi connectivity index (χ0) is 23.3. The number of nitrogens with one attached hydrogen (secondary N) is 2. The van der Waals surface area contributed by atoms with Crippen LogP contribution in [0.1, 0.15) is 52.0 Å². The summed E-state index contributed by atoms with van der Waals surface area (Å²) in [5.74, 6) is -0.168. The number of carbonyl (C=O) groups is 1. The highest BCUT2D eigenvalue weighted by atomic mass is 32.2. The van der Waals surface area contributed by atoms with Crippen molar-refractivity contribution in [2.45, 2.75) is 53.4 Å². The molecule has 0 unspecified atom stereocenters. The Morgan fingerprint density at radius 3 is 1.81 bits per heavy atom. The monoisotopic (exact) mass is 445 g/mol. The van der Waals surface area contributed by atoms with Crippen molar-refractivity contribution >= 4 is 21.6 Å². The Morgan fingerprint density at radius 1 is 0.839 bits per heavy atom. The molecule has 0 saturated carbocycles. The van der Waals surface area contributed by atoms with Crippen LogP contribution in [-0.2, 0) is 10.0 Å². The Labute approximate surface area is 187 Å². The highest BCUT2D eigenvalue weighted by molar-refractivity contribution is 7.92. The minimum absolute atomic E-state index is 0.168. The summed E-state index contributed by atoms with van der Waals surface area (Å²) < 4.78 is 29.0. The van der Waals surface area contributed by atoms with Gasteiger partial charge in [0.1, 0.15) is 0 Å². The lowest BCUT2D eigenvalue weighted by molar-refractivity contribution is 0.0949. The van der Waals surface area contributed by atoms with Gasteiger partial charge in [0, 0.05) is 24.3 Å². The topological polar surface area (TPSA) is 78.5 Å². The van der Waals surface area contributed by atoms with Gasteiger partial charge in [0.2, 0.25) is 0 Å². The predicted octanol–water partition coefficient (Wildman–Crippen LogP) is 4.10. The second-order valence-corrected chi connectivity index (χ2v) is 9.54. The number of carbonyl (C=O) groups excluding carboxylic acids is 1. The van der Waals surface area contributed by atoms with Gasteiger partial charge in [-0.1, -0.05) is 13.8 Å². The molecule has 2 N–H and O–H groups in total. The molecule has 1 amide bonds. The second-order valence-electron chi connectivity index (χ2n) is 7.92. The molecule has 7 heteroatoms. The van der Waals surface area contributed by atoms with Crippen LogP contribution in [0.15, 0.2) is 29.2 Å². The summed E-state index contributed by atoms with van der Waals surface area (Å²) in [5.41, 5.74) is 5.53. The summed E-state index contributed by atoms with van der Waals surface area (Å²) in [6.45, 7) is 17.0. The van der Waals surface area contributed by atoms with E-state index in [-0.39, 0.29) is 5.91 Å². The van der Waals surface area contributed by atoms with Crippen molar-refractivity contribution in [3.05, 3.63) is 57.6 Å². The quantitative estimate of drug-likeness (QED) is 0.609. The maximum absolute atomic E-state index is 13.1. The second kappa shape index (κ2) is 10.3. The molecule has 0 bridgehead atoms. The van der Waals surface area contributed by atoms with Crippen LogP contribution in [0.25, 0.3) is 0 Å². The molecule has 0 spiro atoms.